The Labute approximate surface area is 330 Å². The third-order valence-electron chi connectivity index (χ3n) is 11.1. The van der Waals surface area contributed by atoms with Crippen LogP contribution in [0.25, 0.3) is 50.4 Å². The fraction of sp³-hybridized carbons (Fsp3) is 0.0400. The van der Waals surface area contributed by atoms with Crippen molar-refractivity contribution in [3.05, 3.63) is 181 Å². The Balaban J connectivity index is 1.02. The molecule has 4 heterocycles. The molecule has 0 amide bonds. The Kier molecular flexibility index (Phi) is 7.61. The predicted molar refractivity (Wildman–Crippen MR) is 229 cm³/mol. The van der Waals surface area contributed by atoms with Gasteiger partial charge in [0.15, 0.2) is 0 Å². The number of fused-ring (bicyclic) bond motifs is 5. The topological polar surface area (TPSA) is 58.4 Å². The minimum absolute atomic E-state index is 0.178. The summed E-state index contributed by atoms with van der Waals surface area (Å²) in [6.45, 7) is 4.14. The Hall–Kier alpha value is -7.38. The Morgan fingerprint density at radius 1 is 0.544 bits per heavy atom. The summed E-state index contributed by atoms with van der Waals surface area (Å²) in [6, 6.07) is 56.1. The highest BCUT2D eigenvalue weighted by Gasteiger charge is 2.40. The number of benzene rings is 7. The summed E-state index contributed by atoms with van der Waals surface area (Å²) >= 11 is 0. The number of nitrogens with zero attached hydrogens (tertiary/aromatic N) is 3. The third-order valence-corrected chi connectivity index (χ3v) is 11.1. The maximum atomic E-state index is 6.62. The fourth-order valence-corrected chi connectivity index (χ4v) is 8.58. The first-order valence-electron chi connectivity index (χ1n) is 19.2. The van der Waals surface area contributed by atoms with Gasteiger partial charge in [0, 0.05) is 23.3 Å². The highest BCUT2D eigenvalue weighted by atomic mass is 16.5. The van der Waals surface area contributed by atoms with Crippen LogP contribution in [0.1, 0.15) is 11.1 Å². The smallest absolute Gasteiger partial charge is 0.260 e. The van der Waals surface area contributed by atoms with Crippen LogP contribution in [0.15, 0.2) is 170 Å². The molecule has 2 aliphatic heterocycles. The van der Waals surface area contributed by atoms with Gasteiger partial charge in [0.1, 0.15) is 34.6 Å². The Morgan fingerprint density at radius 3 is 2.00 bits per heavy atom. The molecule has 0 unspecified atom stereocenters. The first kappa shape index (κ1) is 33.0. The highest BCUT2D eigenvalue weighted by Crippen LogP contribution is 2.39. The molecule has 270 valence electrons. The van der Waals surface area contributed by atoms with E-state index in [2.05, 4.69) is 133 Å². The van der Waals surface area contributed by atoms with E-state index in [0.29, 0.717) is 11.6 Å². The quantitative estimate of drug-likeness (QED) is 0.159. The van der Waals surface area contributed by atoms with Gasteiger partial charge in [-0.3, -0.25) is 4.57 Å². The van der Waals surface area contributed by atoms with Crippen LogP contribution in [0.5, 0.6) is 34.6 Å². The van der Waals surface area contributed by atoms with Crippen molar-refractivity contribution in [1.29, 1.82) is 0 Å². The molecule has 9 aromatic rings. The zero-order chi connectivity index (χ0) is 38.0. The molecule has 0 spiro atoms. The monoisotopic (exact) mass is 735 g/mol. The van der Waals surface area contributed by atoms with E-state index < -0.39 is 0 Å². The van der Waals surface area contributed by atoms with E-state index in [9.17, 15) is 0 Å². The summed E-state index contributed by atoms with van der Waals surface area (Å²) < 4.78 is 22.1. The van der Waals surface area contributed by atoms with E-state index in [1.165, 1.54) is 11.1 Å². The molecule has 2 aromatic heterocycles. The highest BCUT2D eigenvalue weighted by molar-refractivity contribution is 6.98. The lowest BCUT2D eigenvalue weighted by Crippen LogP contribution is -2.57. The van der Waals surface area contributed by atoms with Crippen LogP contribution >= 0.6 is 0 Å². The minimum Gasteiger partial charge on any atom is -0.458 e. The molecule has 0 saturated carbocycles. The van der Waals surface area contributed by atoms with Crippen molar-refractivity contribution in [2.24, 2.45) is 0 Å². The van der Waals surface area contributed by atoms with Crippen molar-refractivity contribution >= 4 is 34.1 Å². The van der Waals surface area contributed by atoms with Crippen LogP contribution < -0.4 is 30.6 Å². The van der Waals surface area contributed by atoms with Gasteiger partial charge < -0.3 is 14.2 Å². The molecule has 0 fully saturated rings. The molecule has 0 atom stereocenters. The van der Waals surface area contributed by atoms with Crippen molar-refractivity contribution in [1.82, 2.24) is 14.5 Å². The van der Waals surface area contributed by atoms with Gasteiger partial charge in [0.2, 0.25) is 5.88 Å². The number of hydrogen-bond acceptors (Lipinski definition) is 5. The van der Waals surface area contributed by atoms with Crippen LogP contribution in [-0.2, 0) is 0 Å². The average molecular weight is 736 g/mol. The normalized spacial score (nSPS) is 12.3. The van der Waals surface area contributed by atoms with Gasteiger partial charge in [0.05, 0.1) is 16.7 Å². The number of imidazole rings is 1. The second-order valence-electron chi connectivity index (χ2n) is 14.7. The second kappa shape index (κ2) is 13.1. The lowest BCUT2D eigenvalue weighted by atomic mass is 9.34. The van der Waals surface area contributed by atoms with Gasteiger partial charge >= 0.3 is 0 Å². The molecule has 7 aromatic carbocycles. The van der Waals surface area contributed by atoms with Crippen LogP contribution in [0.4, 0.5) is 0 Å². The largest absolute Gasteiger partial charge is 0.458 e. The standard InChI is InChI=1S/C50H34BN3O3/c1-31-12-10-13-32(2)49(31)54-42-19-9-8-18-41(42)53-50(54)35-22-24-43-39(28-35)51-40-30-36(23-25-44(40)57-46-21-11-20-45(56-43)48(46)51)55-47-29-34(26-27-52-47)38-17-7-6-16-37(38)33-14-4-3-5-15-33/h3-30H,1-2H3. The summed E-state index contributed by atoms with van der Waals surface area (Å²) in [4.78, 5) is 9.88. The van der Waals surface area contributed by atoms with Gasteiger partial charge in [-0.1, -0.05) is 97.1 Å². The molecule has 0 bridgehead atoms. The number of ether oxygens (including phenoxy) is 3. The van der Waals surface area contributed by atoms with E-state index in [4.69, 9.17) is 19.2 Å². The number of hydrogen-bond donors (Lipinski definition) is 0. The van der Waals surface area contributed by atoms with Crippen LogP contribution in [0.2, 0.25) is 0 Å². The van der Waals surface area contributed by atoms with Gasteiger partial charge in [0.25, 0.3) is 6.71 Å². The summed E-state index contributed by atoms with van der Waals surface area (Å²) in [5.74, 6) is 5.19. The summed E-state index contributed by atoms with van der Waals surface area (Å²) in [7, 11) is 0. The number of aryl methyl sites for hydroxylation is 2. The molecule has 0 N–H and O–H groups in total. The van der Waals surface area contributed by atoms with Crippen molar-refractivity contribution < 1.29 is 14.2 Å². The second-order valence-corrected chi connectivity index (χ2v) is 14.7. The maximum Gasteiger partial charge on any atom is 0.260 e. The van der Waals surface area contributed by atoms with E-state index >= 15 is 0 Å². The zero-order valence-electron chi connectivity index (χ0n) is 31.3. The first-order valence-corrected chi connectivity index (χ1v) is 19.2. The summed E-state index contributed by atoms with van der Waals surface area (Å²) in [6.07, 6.45) is 1.80. The molecular formula is C50H34BN3O3. The molecular weight excluding hydrogens is 701 g/mol. The van der Waals surface area contributed by atoms with E-state index in [1.54, 1.807) is 6.20 Å². The zero-order valence-corrected chi connectivity index (χ0v) is 31.3. The molecule has 7 heteroatoms. The first-order chi connectivity index (χ1) is 28.1. The molecule has 0 radical (unpaired) electrons. The molecule has 11 rings (SSSR count). The Morgan fingerprint density at radius 2 is 1.21 bits per heavy atom. The van der Waals surface area contributed by atoms with Crippen molar-refractivity contribution in [3.8, 4) is 74.0 Å². The number of rotatable bonds is 6. The van der Waals surface area contributed by atoms with Crippen molar-refractivity contribution in [2.75, 3.05) is 0 Å². The lowest BCUT2D eigenvalue weighted by Gasteiger charge is -2.33. The van der Waals surface area contributed by atoms with Gasteiger partial charge in [-0.2, -0.15) is 0 Å². The Bertz CT molecular complexity index is 3010. The number of pyridine rings is 1. The summed E-state index contributed by atoms with van der Waals surface area (Å²) in [5, 5.41) is 0. The van der Waals surface area contributed by atoms with Gasteiger partial charge in [-0.25, -0.2) is 9.97 Å². The summed E-state index contributed by atoms with van der Waals surface area (Å²) in [5.41, 5.74) is 14.0. The average Bonchev–Trinajstić information content (AvgIpc) is 3.63. The van der Waals surface area contributed by atoms with E-state index in [1.807, 2.05) is 54.6 Å². The van der Waals surface area contributed by atoms with Gasteiger partial charge in [-0.15, -0.1) is 0 Å². The van der Waals surface area contributed by atoms with Crippen molar-refractivity contribution in [2.45, 2.75) is 13.8 Å². The number of para-hydroxylation sites is 3. The van der Waals surface area contributed by atoms with E-state index in [0.717, 1.165) is 89.7 Å². The van der Waals surface area contributed by atoms with Crippen LogP contribution in [-0.4, -0.2) is 21.2 Å². The maximum absolute atomic E-state index is 6.62. The number of aromatic nitrogens is 3. The predicted octanol–water partition coefficient (Wildman–Crippen LogP) is 10.6. The lowest BCUT2D eigenvalue weighted by molar-refractivity contribution is 0.454. The fourth-order valence-electron chi connectivity index (χ4n) is 8.58. The van der Waals surface area contributed by atoms with E-state index in [-0.39, 0.29) is 6.71 Å². The minimum atomic E-state index is -0.178. The molecule has 57 heavy (non-hydrogen) atoms. The SMILES string of the molecule is Cc1cccc(C)c1-n1c(-c2ccc3c(c2)B2c4cc(Oc5cc(-c6ccccc6-c6ccccc6)ccn5)ccc4Oc4cccc(c42)O3)nc2ccccc21. The molecule has 2 aliphatic rings. The molecule has 0 saturated heterocycles. The third kappa shape index (κ3) is 5.50. The molecule has 6 nitrogen and oxygen atoms in total. The van der Waals surface area contributed by atoms with Crippen LogP contribution in [0, 0.1) is 13.8 Å². The van der Waals surface area contributed by atoms with Gasteiger partial charge in [-0.05, 0) is 119 Å². The van der Waals surface area contributed by atoms with Crippen LogP contribution in [0.3, 0.4) is 0 Å². The molecule has 0 aliphatic carbocycles. The van der Waals surface area contributed by atoms with Crippen molar-refractivity contribution in [3.63, 3.8) is 0 Å².